The van der Waals surface area contributed by atoms with Crippen LogP contribution in [0.1, 0.15) is 67.4 Å². The third-order valence-corrected chi connectivity index (χ3v) is 5.83. The number of esters is 1. The molecule has 0 saturated heterocycles. The molecule has 1 N–H and O–H groups in total. The van der Waals surface area contributed by atoms with Crippen molar-refractivity contribution in [1.82, 2.24) is 19.4 Å². The van der Waals surface area contributed by atoms with Crippen LogP contribution in [0.25, 0.3) is 11.0 Å². The fourth-order valence-electron chi connectivity index (χ4n) is 4.08. The van der Waals surface area contributed by atoms with Crippen LogP contribution in [0.2, 0.25) is 0 Å². The first-order chi connectivity index (χ1) is 14.4. The number of aryl methyl sites for hydroxylation is 1. The minimum atomic E-state index is -0.701. The van der Waals surface area contributed by atoms with Crippen molar-refractivity contribution in [3.8, 4) is 0 Å². The Labute approximate surface area is 173 Å². The minimum Gasteiger partial charge on any atom is -0.462 e. The number of nitrogens with zero attached hydrogens (tertiary/aromatic N) is 3. The van der Waals surface area contributed by atoms with Gasteiger partial charge in [-0.2, -0.15) is 0 Å². The first kappa shape index (κ1) is 20.3. The smallest absolute Gasteiger partial charge is 0.339 e. The highest BCUT2D eigenvalue weighted by atomic mass is 16.5. The van der Waals surface area contributed by atoms with E-state index < -0.39 is 23.8 Å². The van der Waals surface area contributed by atoms with E-state index in [4.69, 9.17) is 4.74 Å². The number of nitrogens with one attached hydrogen (secondary N) is 1. The topological polar surface area (TPSA) is 112 Å². The summed E-state index contributed by atoms with van der Waals surface area (Å²) in [5.41, 5.74) is -0.423. The van der Waals surface area contributed by atoms with Gasteiger partial charge in [-0.05, 0) is 38.7 Å². The Bertz CT molecular complexity index is 1120. The molecular formula is C21H26N4O5. The molecule has 0 unspecified atom stereocenters. The van der Waals surface area contributed by atoms with E-state index in [1.54, 1.807) is 13.0 Å². The lowest BCUT2D eigenvalue weighted by Crippen LogP contribution is -2.45. The molecule has 4 rings (SSSR count). The number of fused-ring (bicyclic) bond motifs is 1. The number of hydrogen-bond acceptors (Lipinski definition) is 6. The zero-order valence-electron chi connectivity index (χ0n) is 17.3. The van der Waals surface area contributed by atoms with Crippen LogP contribution < -0.4 is 16.6 Å². The predicted molar refractivity (Wildman–Crippen MR) is 110 cm³/mol. The number of carbonyl (C=O) groups excluding carboxylic acids is 2. The van der Waals surface area contributed by atoms with Gasteiger partial charge in [-0.15, -0.1) is 0 Å². The van der Waals surface area contributed by atoms with Gasteiger partial charge in [-0.1, -0.05) is 12.8 Å². The van der Waals surface area contributed by atoms with Crippen LogP contribution in [0.15, 0.2) is 15.7 Å². The predicted octanol–water partition coefficient (Wildman–Crippen LogP) is 1.21. The molecule has 2 fully saturated rings. The quantitative estimate of drug-likeness (QED) is 0.711. The van der Waals surface area contributed by atoms with E-state index >= 15 is 0 Å². The van der Waals surface area contributed by atoms with Crippen LogP contribution in [-0.4, -0.2) is 38.6 Å². The molecule has 2 aromatic rings. The van der Waals surface area contributed by atoms with Crippen LogP contribution in [0, 0.1) is 0 Å². The highest BCUT2D eigenvalue weighted by molar-refractivity contribution is 6.02. The molecule has 1 amide bonds. The lowest BCUT2D eigenvalue weighted by Gasteiger charge is -2.15. The Hall–Kier alpha value is -2.97. The van der Waals surface area contributed by atoms with Gasteiger partial charge in [0.25, 0.3) is 5.56 Å². The van der Waals surface area contributed by atoms with Crippen molar-refractivity contribution in [3.05, 3.63) is 38.2 Å². The largest absolute Gasteiger partial charge is 0.462 e. The molecule has 160 valence electrons. The van der Waals surface area contributed by atoms with E-state index in [0.717, 1.165) is 43.1 Å². The summed E-state index contributed by atoms with van der Waals surface area (Å²) in [5.74, 6) is -0.803. The second kappa shape index (κ2) is 8.04. The van der Waals surface area contributed by atoms with E-state index in [-0.39, 0.29) is 41.1 Å². The van der Waals surface area contributed by atoms with Gasteiger partial charge in [-0.25, -0.2) is 14.6 Å². The maximum Gasteiger partial charge on any atom is 0.339 e. The number of hydrogen-bond donors (Lipinski definition) is 1. The second-order valence-corrected chi connectivity index (χ2v) is 8.07. The lowest BCUT2D eigenvalue weighted by molar-refractivity contribution is -0.122. The van der Waals surface area contributed by atoms with E-state index in [0.29, 0.717) is 5.69 Å². The molecule has 2 aliphatic carbocycles. The number of rotatable bonds is 6. The Morgan fingerprint density at radius 2 is 1.90 bits per heavy atom. The van der Waals surface area contributed by atoms with Gasteiger partial charge < -0.3 is 10.1 Å². The number of aromatic nitrogens is 3. The van der Waals surface area contributed by atoms with Crippen molar-refractivity contribution in [3.63, 3.8) is 0 Å². The van der Waals surface area contributed by atoms with E-state index in [2.05, 4.69) is 10.3 Å². The molecule has 0 spiro atoms. The highest BCUT2D eigenvalue weighted by Crippen LogP contribution is 2.39. The van der Waals surface area contributed by atoms with Crippen molar-refractivity contribution < 1.29 is 14.3 Å². The van der Waals surface area contributed by atoms with Gasteiger partial charge in [0.2, 0.25) is 5.91 Å². The molecular weight excluding hydrogens is 388 g/mol. The first-order valence-electron chi connectivity index (χ1n) is 10.5. The van der Waals surface area contributed by atoms with E-state index in [1.165, 1.54) is 11.6 Å². The summed E-state index contributed by atoms with van der Waals surface area (Å²) < 4.78 is 7.24. The minimum absolute atomic E-state index is 0.00798. The Balaban J connectivity index is 1.82. The normalized spacial score (nSPS) is 16.7. The van der Waals surface area contributed by atoms with Crippen molar-refractivity contribution in [2.75, 3.05) is 6.61 Å². The summed E-state index contributed by atoms with van der Waals surface area (Å²) >= 11 is 0. The third-order valence-electron chi connectivity index (χ3n) is 5.83. The Morgan fingerprint density at radius 1 is 1.20 bits per heavy atom. The summed E-state index contributed by atoms with van der Waals surface area (Å²) in [6, 6.07) is 1.67. The summed E-state index contributed by atoms with van der Waals surface area (Å²) in [6.45, 7) is 1.44. The van der Waals surface area contributed by atoms with Gasteiger partial charge in [0.05, 0.1) is 17.6 Å². The zero-order valence-corrected chi connectivity index (χ0v) is 17.3. The van der Waals surface area contributed by atoms with Crippen molar-refractivity contribution >= 4 is 22.9 Å². The van der Waals surface area contributed by atoms with Crippen molar-refractivity contribution in [2.45, 2.75) is 64.0 Å². The number of ether oxygens (including phenoxy) is 1. The van der Waals surface area contributed by atoms with Gasteiger partial charge >= 0.3 is 11.7 Å². The number of carbonyl (C=O) groups is 2. The molecule has 2 aliphatic rings. The maximum absolute atomic E-state index is 13.2. The lowest BCUT2D eigenvalue weighted by atomic mass is 10.1. The molecule has 9 heteroatoms. The van der Waals surface area contributed by atoms with Crippen LogP contribution in [-0.2, 0) is 23.1 Å². The molecule has 0 atom stereocenters. The van der Waals surface area contributed by atoms with Gasteiger partial charge in [0.15, 0.2) is 0 Å². The number of pyridine rings is 1. The summed E-state index contributed by atoms with van der Waals surface area (Å²) in [5, 5.41) is 2.89. The average Bonchev–Trinajstić information content (AvgIpc) is 3.46. The van der Waals surface area contributed by atoms with Gasteiger partial charge in [0, 0.05) is 24.7 Å². The first-order valence-corrected chi connectivity index (χ1v) is 10.5. The fourth-order valence-corrected chi connectivity index (χ4v) is 4.08. The monoisotopic (exact) mass is 414 g/mol. The van der Waals surface area contributed by atoms with Gasteiger partial charge in [-0.3, -0.25) is 18.7 Å². The Morgan fingerprint density at radius 3 is 2.53 bits per heavy atom. The third kappa shape index (κ3) is 3.76. The summed E-state index contributed by atoms with van der Waals surface area (Å²) in [4.78, 5) is 55.7. The molecule has 2 saturated carbocycles. The molecule has 0 bridgehead atoms. The summed E-state index contributed by atoms with van der Waals surface area (Å²) in [7, 11) is 1.49. The molecule has 0 radical (unpaired) electrons. The van der Waals surface area contributed by atoms with E-state index in [9.17, 15) is 19.2 Å². The highest BCUT2D eigenvalue weighted by Gasteiger charge is 2.29. The van der Waals surface area contributed by atoms with Crippen LogP contribution in [0.3, 0.4) is 0 Å². The van der Waals surface area contributed by atoms with Crippen LogP contribution in [0.5, 0.6) is 0 Å². The zero-order chi connectivity index (χ0) is 21.4. The standard InChI is InChI=1S/C21H26N4O5/c1-3-30-20(28)14-10-15(12-8-9-12)23-18-17(14)19(27)25(21(29)24(18)2)11-16(26)22-13-6-4-5-7-13/h10,12-13H,3-9,11H2,1-2H3,(H,22,26). The molecule has 9 nitrogen and oxygen atoms in total. The SMILES string of the molecule is CCOC(=O)c1cc(C2CC2)nc2c1c(=O)n(CC(=O)NC1CCCC1)c(=O)n2C. The van der Waals surface area contributed by atoms with Crippen molar-refractivity contribution in [1.29, 1.82) is 0 Å². The van der Waals surface area contributed by atoms with E-state index in [1.807, 2.05) is 0 Å². The van der Waals surface area contributed by atoms with Crippen molar-refractivity contribution in [2.24, 2.45) is 7.05 Å². The maximum atomic E-state index is 13.2. The second-order valence-electron chi connectivity index (χ2n) is 8.07. The molecule has 2 aromatic heterocycles. The number of amides is 1. The molecule has 30 heavy (non-hydrogen) atoms. The van der Waals surface area contributed by atoms with Gasteiger partial charge in [0.1, 0.15) is 12.2 Å². The van der Waals surface area contributed by atoms with Crippen LogP contribution in [0.4, 0.5) is 0 Å². The average molecular weight is 414 g/mol. The van der Waals surface area contributed by atoms with Crippen LogP contribution >= 0.6 is 0 Å². The molecule has 0 aromatic carbocycles. The Kier molecular flexibility index (Phi) is 5.44. The fraction of sp³-hybridized carbons (Fsp3) is 0.571. The molecule has 0 aliphatic heterocycles. The molecule has 2 heterocycles. The summed E-state index contributed by atoms with van der Waals surface area (Å²) in [6.07, 6.45) is 5.82.